The first-order chi connectivity index (χ1) is 8.80. The van der Waals surface area contributed by atoms with Gasteiger partial charge in [0.05, 0.1) is 19.4 Å². The van der Waals surface area contributed by atoms with Crippen molar-refractivity contribution in [1.82, 2.24) is 5.32 Å². The Kier molecular flexibility index (Phi) is 4.97. The van der Waals surface area contributed by atoms with Crippen LogP contribution in [0.4, 0.5) is 4.79 Å². The first-order valence-electron chi connectivity index (χ1n) is 7.47. The fraction of sp³-hybridized carbons (Fsp3) is 0.933. The van der Waals surface area contributed by atoms with Crippen LogP contribution in [0.1, 0.15) is 47.5 Å². The molecule has 1 saturated carbocycles. The van der Waals surface area contributed by atoms with Crippen LogP contribution in [0.5, 0.6) is 0 Å². The Morgan fingerprint density at radius 1 is 1.10 bits per heavy atom. The van der Waals surface area contributed by atoms with Gasteiger partial charge < -0.3 is 14.8 Å². The number of carbonyl (C=O) groups is 1. The lowest BCUT2D eigenvalue weighted by Crippen LogP contribution is -2.56. The van der Waals surface area contributed by atoms with Crippen molar-refractivity contribution in [2.24, 2.45) is 0 Å². The Labute approximate surface area is 124 Å². The monoisotopic (exact) mass is 301 g/mol. The standard InChI is InChI=1S/C15H31NO3Si/c1-14(2,3)19-13(17)16-11-9-12(10-11)18-15(4,5)20(6,7)8/h11-12H,9-10H2,1-8H3,(H,16,17). The van der Waals surface area contributed by atoms with Crippen molar-refractivity contribution in [2.45, 2.75) is 90.1 Å². The number of alkyl carbamates (subject to hydrolysis) is 1. The normalized spacial score (nSPS) is 24.0. The molecule has 0 spiro atoms. The number of ether oxygens (including phenoxy) is 2. The van der Waals surface area contributed by atoms with E-state index in [-0.39, 0.29) is 23.5 Å². The van der Waals surface area contributed by atoms with Crippen LogP contribution in [0.2, 0.25) is 19.6 Å². The molecule has 0 heterocycles. The summed E-state index contributed by atoms with van der Waals surface area (Å²) in [6.45, 7) is 17.0. The fourth-order valence-electron chi connectivity index (χ4n) is 1.85. The van der Waals surface area contributed by atoms with Gasteiger partial charge in [-0.2, -0.15) is 0 Å². The summed E-state index contributed by atoms with van der Waals surface area (Å²) in [4.78, 5) is 11.6. The van der Waals surface area contributed by atoms with E-state index in [0.717, 1.165) is 12.8 Å². The zero-order chi connectivity index (χ0) is 15.8. The van der Waals surface area contributed by atoms with Crippen LogP contribution < -0.4 is 5.32 Å². The molecule has 0 unspecified atom stereocenters. The molecule has 0 aromatic rings. The second kappa shape index (κ2) is 5.68. The number of hydrogen-bond donors (Lipinski definition) is 1. The Balaban J connectivity index is 2.32. The molecule has 0 radical (unpaired) electrons. The number of carbonyl (C=O) groups excluding carboxylic acids is 1. The van der Waals surface area contributed by atoms with Crippen LogP contribution in [0.3, 0.4) is 0 Å². The average Bonchev–Trinajstić information content (AvgIpc) is 2.08. The van der Waals surface area contributed by atoms with E-state index in [1.807, 2.05) is 20.8 Å². The first kappa shape index (κ1) is 17.5. The van der Waals surface area contributed by atoms with E-state index in [2.05, 4.69) is 38.8 Å². The maximum absolute atomic E-state index is 11.6. The summed E-state index contributed by atoms with van der Waals surface area (Å²) in [5.74, 6) is 0. The van der Waals surface area contributed by atoms with Gasteiger partial charge in [-0.3, -0.25) is 0 Å². The van der Waals surface area contributed by atoms with Crippen LogP contribution in [0.25, 0.3) is 0 Å². The van der Waals surface area contributed by atoms with Crippen molar-refractivity contribution >= 4 is 14.2 Å². The van der Waals surface area contributed by atoms with Gasteiger partial charge in [-0.25, -0.2) is 4.79 Å². The Hall–Kier alpha value is -0.553. The molecule has 0 aromatic carbocycles. The van der Waals surface area contributed by atoms with Crippen molar-refractivity contribution in [3.63, 3.8) is 0 Å². The number of hydrogen-bond acceptors (Lipinski definition) is 3. The highest BCUT2D eigenvalue weighted by atomic mass is 28.3. The van der Waals surface area contributed by atoms with E-state index in [1.54, 1.807) is 0 Å². The van der Waals surface area contributed by atoms with Crippen LogP contribution in [0.15, 0.2) is 0 Å². The largest absolute Gasteiger partial charge is 0.444 e. The maximum Gasteiger partial charge on any atom is 0.407 e. The summed E-state index contributed by atoms with van der Waals surface area (Å²) in [6, 6.07) is 0.187. The van der Waals surface area contributed by atoms with E-state index in [0.29, 0.717) is 0 Å². The third kappa shape index (κ3) is 5.09. The van der Waals surface area contributed by atoms with Gasteiger partial charge in [-0.05, 0) is 47.5 Å². The first-order valence-corrected chi connectivity index (χ1v) is 11.0. The van der Waals surface area contributed by atoms with Gasteiger partial charge in [0.1, 0.15) is 5.60 Å². The highest BCUT2D eigenvalue weighted by Gasteiger charge is 2.41. The molecular formula is C15H31NO3Si. The van der Waals surface area contributed by atoms with Gasteiger partial charge in [-0.1, -0.05) is 19.6 Å². The molecule has 118 valence electrons. The minimum absolute atomic E-state index is 0.0332. The molecule has 0 bridgehead atoms. The zero-order valence-corrected chi connectivity index (χ0v) is 15.3. The molecule has 20 heavy (non-hydrogen) atoms. The lowest BCUT2D eigenvalue weighted by Gasteiger charge is -2.45. The zero-order valence-electron chi connectivity index (χ0n) is 14.3. The maximum atomic E-state index is 11.6. The van der Waals surface area contributed by atoms with Gasteiger partial charge in [0.25, 0.3) is 0 Å². The van der Waals surface area contributed by atoms with E-state index >= 15 is 0 Å². The molecule has 0 aromatic heterocycles. The van der Waals surface area contributed by atoms with Crippen molar-refractivity contribution in [1.29, 1.82) is 0 Å². The predicted molar refractivity (Wildman–Crippen MR) is 84.7 cm³/mol. The van der Waals surface area contributed by atoms with Crippen molar-refractivity contribution < 1.29 is 14.3 Å². The van der Waals surface area contributed by atoms with Crippen molar-refractivity contribution in [2.75, 3.05) is 0 Å². The van der Waals surface area contributed by atoms with Gasteiger partial charge in [0.15, 0.2) is 0 Å². The topological polar surface area (TPSA) is 47.6 Å². The third-order valence-corrected chi connectivity index (χ3v) is 7.81. The van der Waals surface area contributed by atoms with E-state index in [1.165, 1.54) is 0 Å². The molecule has 1 fully saturated rings. The molecule has 0 aliphatic heterocycles. The highest BCUT2D eigenvalue weighted by molar-refractivity contribution is 6.78. The number of rotatable bonds is 4. The number of nitrogens with one attached hydrogen (secondary N) is 1. The predicted octanol–water partition coefficient (Wildman–Crippen LogP) is 3.71. The molecule has 0 atom stereocenters. The molecule has 4 nitrogen and oxygen atoms in total. The van der Waals surface area contributed by atoms with Gasteiger partial charge in [-0.15, -0.1) is 0 Å². The lowest BCUT2D eigenvalue weighted by molar-refractivity contribution is -0.0763. The Bertz CT molecular complexity index is 349. The summed E-state index contributed by atoms with van der Waals surface area (Å²) in [6.07, 6.45) is 1.70. The lowest BCUT2D eigenvalue weighted by atomic mass is 9.89. The van der Waals surface area contributed by atoms with E-state index in [9.17, 15) is 4.79 Å². The summed E-state index contributed by atoms with van der Waals surface area (Å²) in [5.41, 5.74) is -0.441. The summed E-state index contributed by atoms with van der Waals surface area (Å²) in [7, 11) is -1.35. The van der Waals surface area contributed by atoms with Crippen LogP contribution in [0, 0.1) is 0 Å². The average molecular weight is 302 g/mol. The molecule has 0 saturated heterocycles. The third-order valence-electron chi connectivity index (χ3n) is 4.08. The van der Waals surface area contributed by atoms with Crippen LogP contribution in [-0.2, 0) is 9.47 Å². The molecule has 1 N–H and O–H groups in total. The van der Waals surface area contributed by atoms with Crippen LogP contribution in [-0.4, -0.2) is 37.1 Å². The minimum atomic E-state index is -1.35. The van der Waals surface area contributed by atoms with Gasteiger partial charge in [0, 0.05) is 6.04 Å². The highest BCUT2D eigenvalue weighted by Crippen LogP contribution is 2.32. The summed E-state index contributed by atoms with van der Waals surface area (Å²) >= 11 is 0. The molecule has 1 aliphatic carbocycles. The second-order valence-corrected chi connectivity index (χ2v) is 14.0. The Morgan fingerprint density at radius 3 is 2.00 bits per heavy atom. The summed E-state index contributed by atoms with van der Waals surface area (Å²) < 4.78 is 11.5. The van der Waals surface area contributed by atoms with Gasteiger partial charge in [0.2, 0.25) is 0 Å². The SMILES string of the molecule is CC(C)(C)OC(=O)NC1CC(OC(C)(C)[Si](C)(C)C)C1. The van der Waals surface area contributed by atoms with Crippen molar-refractivity contribution in [3.8, 4) is 0 Å². The Morgan fingerprint density at radius 2 is 1.60 bits per heavy atom. The minimum Gasteiger partial charge on any atom is -0.444 e. The molecule has 1 aliphatic rings. The van der Waals surface area contributed by atoms with Gasteiger partial charge >= 0.3 is 6.09 Å². The smallest absolute Gasteiger partial charge is 0.407 e. The molecule has 1 amide bonds. The quantitative estimate of drug-likeness (QED) is 0.805. The number of amides is 1. The summed E-state index contributed by atoms with van der Waals surface area (Å²) in [5, 5.41) is 2.86. The molecule has 5 heteroatoms. The molecule has 1 rings (SSSR count). The fourth-order valence-corrected chi connectivity index (χ4v) is 2.37. The van der Waals surface area contributed by atoms with Crippen LogP contribution >= 0.6 is 0 Å². The second-order valence-electron chi connectivity index (χ2n) is 8.31. The van der Waals surface area contributed by atoms with E-state index in [4.69, 9.17) is 9.47 Å². The van der Waals surface area contributed by atoms with E-state index < -0.39 is 13.7 Å². The van der Waals surface area contributed by atoms with Crippen molar-refractivity contribution in [3.05, 3.63) is 0 Å². The molecular weight excluding hydrogens is 270 g/mol.